The molecule has 0 bridgehead atoms. The second-order valence-corrected chi connectivity index (χ2v) is 7.98. The maximum absolute atomic E-state index is 12.7. The van der Waals surface area contributed by atoms with Crippen molar-refractivity contribution in [3.05, 3.63) is 53.5 Å². The molecule has 0 spiro atoms. The Kier molecular flexibility index (Phi) is 6.79. The van der Waals surface area contributed by atoms with Gasteiger partial charge >= 0.3 is 0 Å². The normalized spacial score (nSPS) is 16.9. The predicted molar refractivity (Wildman–Crippen MR) is 111 cm³/mol. The molecule has 3 rings (SSSR count). The highest BCUT2D eigenvalue weighted by atomic mass is 16.5. The van der Waals surface area contributed by atoms with Crippen LogP contribution in [0.4, 0.5) is 0 Å². The Labute approximate surface area is 168 Å². The largest absolute Gasteiger partial charge is 0.481 e. The summed E-state index contributed by atoms with van der Waals surface area (Å²) in [5.41, 5.74) is 2.25. The molecule has 1 aliphatic heterocycles. The molecule has 2 heterocycles. The molecular formula is C23H32N2O3. The van der Waals surface area contributed by atoms with Crippen molar-refractivity contribution in [1.82, 2.24) is 10.2 Å². The molecule has 0 aliphatic carbocycles. The van der Waals surface area contributed by atoms with E-state index < -0.39 is 6.10 Å². The van der Waals surface area contributed by atoms with Crippen LogP contribution >= 0.6 is 0 Å². The molecule has 1 aliphatic rings. The minimum atomic E-state index is -0.560. The van der Waals surface area contributed by atoms with Crippen LogP contribution in [0, 0.1) is 6.92 Å². The summed E-state index contributed by atoms with van der Waals surface area (Å²) in [4.78, 5) is 15.1. The van der Waals surface area contributed by atoms with Gasteiger partial charge in [-0.15, -0.1) is 0 Å². The van der Waals surface area contributed by atoms with Crippen LogP contribution < -0.4 is 10.1 Å². The van der Waals surface area contributed by atoms with Crippen molar-refractivity contribution < 1.29 is 13.9 Å². The van der Waals surface area contributed by atoms with Gasteiger partial charge in [0, 0.05) is 6.54 Å². The van der Waals surface area contributed by atoms with Gasteiger partial charge in [0.05, 0.1) is 12.3 Å². The molecule has 5 heteroatoms. The molecule has 5 nitrogen and oxygen atoms in total. The summed E-state index contributed by atoms with van der Waals surface area (Å²) in [6, 6.07) is 10.1. The minimum absolute atomic E-state index is 0.0684. The van der Waals surface area contributed by atoms with Gasteiger partial charge in [-0.2, -0.15) is 0 Å². The van der Waals surface area contributed by atoms with Crippen LogP contribution in [-0.2, 0) is 4.79 Å². The number of hydrogen-bond donors (Lipinski definition) is 1. The van der Waals surface area contributed by atoms with E-state index in [9.17, 15) is 4.79 Å². The number of ether oxygens (including phenoxy) is 1. The number of carbonyl (C=O) groups is 1. The molecule has 1 aromatic carbocycles. The third kappa shape index (κ3) is 4.96. The number of nitrogens with zero attached hydrogens (tertiary/aromatic N) is 1. The summed E-state index contributed by atoms with van der Waals surface area (Å²) >= 11 is 0. The number of likely N-dealkylation sites (tertiary alicyclic amines) is 1. The van der Waals surface area contributed by atoms with Gasteiger partial charge in [-0.05, 0) is 75.0 Å². The van der Waals surface area contributed by atoms with Gasteiger partial charge in [0.25, 0.3) is 5.91 Å². The standard InChI is InChI=1S/C23H32N2O3/c1-16(2)19-10-9-17(3)14-22(19)28-18(4)23(26)24-15-20(21-8-7-13-27-21)25-11-5-6-12-25/h7-10,13-14,16,18,20H,5-6,11-12,15H2,1-4H3,(H,24,26)/t18-,20-/m0/s1. The maximum Gasteiger partial charge on any atom is 0.260 e. The zero-order valence-electron chi connectivity index (χ0n) is 17.4. The molecule has 0 unspecified atom stereocenters. The van der Waals surface area contributed by atoms with Gasteiger partial charge in [0.1, 0.15) is 11.5 Å². The first-order valence-electron chi connectivity index (χ1n) is 10.3. The van der Waals surface area contributed by atoms with Crippen LogP contribution in [0.15, 0.2) is 41.0 Å². The van der Waals surface area contributed by atoms with E-state index in [-0.39, 0.29) is 11.9 Å². The summed E-state index contributed by atoms with van der Waals surface area (Å²) in [6.45, 7) is 10.7. The average molecular weight is 385 g/mol. The number of furan rings is 1. The van der Waals surface area contributed by atoms with Crippen molar-refractivity contribution in [3.8, 4) is 5.75 Å². The molecule has 152 valence electrons. The van der Waals surface area contributed by atoms with E-state index in [1.54, 1.807) is 13.2 Å². The van der Waals surface area contributed by atoms with Crippen molar-refractivity contribution in [2.45, 2.75) is 58.6 Å². The molecule has 28 heavy (non-hydrogen) atoms. The molecule has 1 aromatic heterocycles. The first-order valence-corrected chi connectivity index (χ1v) is 10.3. The quantitative estimate of drug-likeness (QED) is 0.731. The van der Waals surface area contributed by atoms with E-state index >= 15 is 0 Å². The minimum Gasteiger partial charge on any atom is -0.481 e. The van der Waals surface area contributed by atoms with Crippen LogP contribution in [0.2, 0.25) is 0 Å². The molecule has 2 aromatic rings. The number of rotatable bonds is 8. The smallest absolute Gasteiger partial charge is 0.260 e. The Morgan fingerprint density at radius 3 is 2.61 bits per heavy atom. The molecule has 0 saturated carbocycles. The van der Waals surface area contributed by atoms with Crippen molar-refractivity contribution in [1.29, 1.82) is 0 Å². The fourth-order valence-electron chi connectivity index (χ4n) is 3.75. The number of amides is 1. The molecule has 1 N–H and O–H groups in total. The molecule has 2 atom stereocenters. The first kappa shape index (κ1) is 20.5. The highest BCUT2D eigenvalue weighted by Gasteiger charge is 2.27. The third-order valence-electron chi connectivity index (χ3n) is 5.39. The van der Waals surface area contributed by atoms with E-state index in [2.05, 4.69) is 36.2 Å². The molecule has 1 fully saturated rings. The fourth-order valence-corrected chi connectivity index (χ4v) is 3.75. The van der Waals surface area contributed by atoms with E-state index in [1.807, 2.05) is 25.1 Å². The van der Waals surface area contributed by atoms with E-state index in [1.165, 1.54) is 12.8 Å². The Hall–Kier alpha value is -2.27. The Morgan fingerprint density at radius 2 is 1.96 bits per heavy atom. The number of carbonyl (C=O) groups excluding carboxylic acids is 1. The zero-order chi connectivity index (χ0) is 20.1. The average Bonchev–Trinajstić information content (AvgIpc) is 3.36. The van der Waals surface area contributed by atoms with Gasteiger partial charge in [-0.3, -0.25) is 9.69 Å². The van der Waals surface area contributed by atoms with Gasteiger partial charge in [-0.1, -0.05) is 26.0 Å². The van der Waals surface area contributed by atoms with Gasteiger partial charge in [0.2, 0.25) is 0 Å². The summed E-state index contributed by atoms with van der Waals surface area (Å²) in [5.74, 6) is 1.92. The number of aryl methyl sites for hydroxylation is 1. The van der Waals surface area contributed by atoms with E-state index in [0.29, 0.717) is 12.5 Å². The van der Waals surface area contributed by atoms with Gasteiger partial charge in [-0.25, -0.2) is 0 Å². The van der Waals surface area contributed by atoms with Crippen molar-refractivity contribution in [2.24, 2.45) is 0 Å². The Morgan fingerprint density at radius 1 is 1.21 bits per heavy atom. The van der Waals surface area contributed by atoms with E-state index in [0.717, 1.165) is 35.7 Å². The lowest BCUT2D eigenvalue weighted by atomic mass is 10.0. The lowest BCUT2D eigenvalue weighted by Crippen LogP contribution is -2.42. The van der Waals surface area contributed by atoms with E-state index in [4.69, 9.17) is 9.15 Å². The highest BCUT2D eigenvalue weighted by molar-refractivity contribution is 5.80. The number of hydrogen-bond acceptors (Lipinski definition) is 4. The van der Waals surface area contributed by atoms with Crippen LogP contribution in [0.25, 0.3) is 0 Å². The Balaban J connectivity index is 1.63. The predicted octanol–water partition coefficient (Wildman–Crippen LogP) is 4.43. The zero-order valence-corrected chi connectivity index (χ0v) is 17.4. The molecule has 0 radical (unpaired) electrons. The highest BCUT2D eigenvalue weighted by Crippen LogP contribution is 2.28. The Bertz CT molecular complexity index is 764. The molecule has 1 amide bonds. The van der Waals surface area contributed by atoms with Gasteiger partial charge in [0.15, 0.2) is 6.10 Å². The van der Waals surface area contributed by atoms with Crippen molar-refractivity contribution in [3.63, 3.8) is 0 Å². The van der Waals surface area contributed by atoms with Crippen molar-refractivity contribution in [2.75, 3.05) is 19.6 Å². The lowest BCUT2D eigenvalue weighted by Gasteiger charge is -2.27. The first-order chi connectivity index (χ1) is 13.5. The summed E-state index contributed by atoms with van der Waals surface area (Å²) < 4.78 is 11.7. The second-order valence-electron chi connectivity index (χ2n) is 7.98. The number of benzene rings is 1. The molecule has 1 saturated heterocycles. The van der Waals surface area contributed by atoms with Crippen LogP contribution in [0.1, 0.15) is 62.5 Å². The number of nitrogens with one attached hydrogen (secondary N) is 1. The topological polar surface area (TPSA) is 54.7 Å². The SMILES string of the molecule is Cc1ccc(C(C)C)c(O[C@@H](C)C(=O)NC[C@@H](c2ccco2)N2CCCC2)c1. The second kappa shape index (κ2) is 9.28. The van der Waals surface area contributed by atoms with Crippen LogP contribution in [0.5, 0.6) is 5.75 Å². The maximum atomic E-state index is 12.7. The fraction of sp³-hybridized carbons (Fsp3) is 0.522. The summed E-state index contributed by atoms with van der Waals surface area (Å²) in [7, 11) is 0. The lowest BCUT2D eigenvalue weighted by molar-refractivity contribution is -0.127. The van der Waals surface area contributed by atoms with Crippen LogP contribution in [-0.4, -0.2) is 36.5 Å². The third-order valence-corrected chi connectivity index (χ3v) is 5.39. The van der Waals surface area contributed by atoms with Crippen molar-refractivity contribution >= 4 is 5.91 Å². The van der Waals surface area contributed by atoms with Gasteiger partial charge < -0.3 is 14.5 Å². The monoisotopic (exact) mass is 384 g/mol. The summed E-state index contributed by atoms with van der Waals surface area (Å²) in [6.07, 6.45) is 3.51. The summed E-state index contributed by atoms with van der Waals surface area (Å²) in [5, 5.41) is 3.07. The van der Waals surface area contributed by atoms with Crippen LogP contribution in [0.3, 0.4) is 0 Å². The molecular weight excluding hydrogens is 352 g/mol.